The van der Waals surface area contributed by atoms with Gasteiger partial charge in [0.1, 0.15) is 0 Å². The average molecular weight is 232 g/mol. The number of carbonyl (C=O) groups excluding carboxylic acids is 1. The summed E-state index contributed by atoms with van der Waals surface area (Å²) in [4.78, 5) is 11.1. The lowest BCUT2D eigenvalue weighted by atomic mass is 10.3. The van der Waals surface area contributed by atoms with E-state index in [9.17, 15) is 9.18 Å². The van der Waals surface area contributed by atoms with E-state index >= 15 is 0 Å². The second-order valence-electron chi connectivity index (χ2n) is 3.18. The Bertz CT molecular complexity index is 368. The molecule has 1 aromatic rings. The maximum Gasteiger partial charge on any atom is 0.411 e. The summed E-state index contributed by atoms with van der Waals surface area (Å²) in [6.45, 7) is 3.40. The number of anilines is 1. The van der Waals surface area contributed by atoms with Crippen LogP contribution in [0.3, 0.4) is 0 Å². The van der Waals surface area contributed by atoms with Crippen LogP contribution < -0.4 is 5.32 Å². The third-order valence-corrected chi connectivity index (χ3v) is 1.82. The van der Waals surface area contributed by atoms with Crippen molar-refractivity contribution in [2.24, 2.45) is 0 Å². The first kappa shape index (κ1) is 11.8. The SMILES string of the molecule is CC(C)OC(=O)Nc1cccc(Cl)c1F. The molecule has 15 heavy (non-hydrogen) atoms. The molecule has 0 heterocycles. The van der Waals surface area contributed by atoms with Crippen molar-refractivity contribution in [2.75, 3.05) is 5.32 Å². The Balaban J connectivity index is 2.73. The van der Waals surface area contributed by atoms with Crippen molar-refractivity contribution in [1.82, 2.24) is 0 Å². The summed E-state index contributed by atoms with van der Waals surface area (Å²) in [6.07, 6.45) is -0.960. The topological polar surface area (TPSA) is 38.3 Å². The van der Waals surface area contributed by atoms with Gasteiger partial charge in [-0.05, 0) is 26.0 Å². The van der Waals surface area contributed by atoms with Gasteiger partial charge in [0.05, 0.1) is 16.8 Å². The molecule has 1 rings (SSSR count). The predicted octanol–water partition coefficient (Wildman–Crippen LogP) is 3.44. The fraction of sp³-hybridized carbons (Fsp3) is 0.300. The van der Waals surface area contributed by atoms with Crippen LogP contribution in [0.5, 0.6) is 0 Å². The molecule has 0 saturated carbocycles. The Morgan fingerprint density at radius 1 is 1.53 bits per heavy atom. The molecule has 0 bridgehead atoms. The lowest BCUT2D eigenvalue weighted by Crippen LogP contribution is -2.18. The summed E-state index contributed by atoms with van der Waals surface area (Å²) in [6, 6.07) is 4.34. The molecule has 0 atom stereocenters. The number of hydrogen-bond donors (Lipinski definition) is 1. The molecule has 0 spiro atoms. The van der Waals surface area contributed by atoms with Gasteiger partial charge in [0.15, 0.2) is 5.82 Å². The fourth-order valence-electron chi connectivity index (χ4n) is 0.954. The molecule has 0 fully saturated rings. The second-order valence-corrected chi connectivity index (χ2v) is 3.59. The van der Waals surface area contributed by atoms with Gasteiger partial charge in [-0.3, -0.25) is 5.32 Å². The zero-order chi connectivity index (χ0) is 11.4. The molecule has 1 aromatic carbocycles. The van der Waals surface area contributed by atoms with Gasteiger partial charge >= 0.3 is 6.09 Å². The van der Waals surface area contributed by atoms with Crippen molar-refractivity contribution in [1.29, 1.82) is 0 Å². The predicted molar refractivity (Wildman–Crippen MR) is 56.6 cm³/mol. The minimum atomic E-state index is -0.703. The van der Waals surface area contributed by atoms with E-state index < -0.39 is 11.9 Å². The molecule has 1 amide bonds. The molecule has 1 N–H and O–H groups in total. The molecule has 3 nitrogen and oxygen atoms in total. The van der Waals surface area contributed by atoms with Gasteiger partial charge < -0.3 is 4.74 Å². The zero-order valence-electron chi connectivity index (χ0n) is 8.38. The van der Waals surface area contributed by atoms with Crippen LogP contribution in [-0.2, 0) is 4.74 Å². The molecule has 82 valence electrons. The van der Waals surface area contributed by atoms with E-state index in [2.05, 4.69) is 5.32 Å². The van der Waals surface area contributed by atoms with Gasteiger partial charge in [0, 0.05) is 0 Å². The molecule has 0 aliphatic rings. The lowest BCUT2D eigenvalue weighted by Gasteiger charge is -2.10. The van der Waals surface area contributed by atoms with Crippen molar-refractivity contribution in [3.8, 4) is 0 Å². The highest BCUT2D eigenvalue weighted by atomic mass is 35.5. The van der Waals surface area contributed by atoms with Crippen LogP contribution in [0.25, 0.3) is 0 Å². The summed E-state index contributed by atoms with van der Waals surface area (Å²) < 4.78 is 18.1. The van der Waals surface area contributed by atoms with E-state index in [4.69, 9.17) is 16.3 Å². The first-order valence-corrected chi connectivity index (χ1v) is 4.80. The third-order valence-electron chi connectivity index (χ3n) is 1.53. The van der Waals surface area contributed by atoms with Gasteiger partial charge in [0.2, 0.25) is 0 Å². The molecular formula is C10H11ClFNO2. The Morgan fingerprint density at radius 2 is 2.20 bits per heavy atom. The van der Waals surface area contributed by atoms with Crippen molar-refractivity contribution in [2.45, 2.75) is 20.0 Å². The molecule has 0 radical (unpaired) electrons. The standard InChI is InChI=1S/C10H11ClFNO2/c1-6(2)15-10(14)13-8-5-3-4-7(11)9(8)12/h3-6H,1-2H3,(H,13,14). The van der Waals surface area contributed by atoms with E-state index in [-0.39, 0.29) is 16.8 Å². The molecule has 0 aliphatic carbocycles. The highest BCUT2D eigenvalue weighted by Crippen LogP contribution is 2.22. The molecule has 0 aliphatic heterocycles. The lowest BCUT2D eigenvalue weighted by molar-refractivity contribution is 0.130. The van der Waals surface area contributed by atoms with Crippen LogP contribution in [0.1, 0.15) is 13.8 Å². The van der Waals surface area contributed by atoms with Crippen molar-refractivity contribution in [3.63, 3.8) is 0 Å². The Hall–Kier alpha value is -1.29. The summed E-state index contributed by atoms with van der Waals surface area (Å²) in [5.41, 5.74) is 0.00755. The number of hydrogen-bond acceptors (Lipinski definition) is 2. The van der Waals surface area contributed by atoms with Crippen molar-refractivity contribution >= 4 is 23.4 Å². The highest BCUT2D eigenvalue weighted by molar-refractivity contribution is 6.31. The van der Waals surface area contributed by atoms with Crippen molar-refractivity contribution < 1.29 is 13.9 Å². The average Bonchev–Trinajstić information content (AvgIpc) is 2.11. The maximum atomic E-state index is 13.3. The summed E-state index contributed by atoms with van der Waals surface area (Å²) >= 11 is 5.54. The number of nitrogens with one attached hydrogen (secondary N) is 1. The van der Waals surface area contributed by atoms with E-state index in [1.165, 1.54) is 18.2 Å². The monoisotopic (exact) mass is 231 g/mol. The number of ether oxygens (including phenoxy) is 1. The minimum Gasteiger partial charge on any atom is -0.447 e. The van der Waals surface area contributed by atoms with E-state index in [0.717, 1.165) is 0 Å². The molecule has 0 saturated heterocycles. The van der Waals surface area contributed by atoms with Crippen LogP contribution in [0.2, 0.25) is 5.02 Å². The van der Waals surface area contributed by atoms with Crippen LogP contribution in [-0.4, -0.2) is 12.2 Å². The van der Waals surface area contributed by atoms with Crippen molar-refractivity contribution in [3.05, 3.63) is 29.0 Å². The van der Waals surface area contributed by atoms with Crippen LogP contribution in [0, 0.1) is 5.82 Å². The van der Waals surface area contributed by atoms with Gasteiger partial charge in [-0.1, -0.05) is 17.7 Å². The van der Waals surface area contributed by atoms with Gasteiger partial charge in [-0.15, -0.1) is 0 Å². The summed E-state index contributed by atoms with van der Waals surface area (Å²) in [7, 11) is 0. The second kappa shape index (κ2) is 4.98. The summed E-state index contributed by atoms with van der Waals surface area (Å²) in [5, 5.41) is 2.22. The number of carbonyl (C=O) groups is 1. The normalized spacial score (nSPS) is 10.2. The summed E-state index contributed by atoms with van der Waals surface area (Å²) in [5.74, 6) is -0.667. The molecule has 5 heteroatoms. The first-order chi connectivity index (χ1) is 7.00. The van der Waals surface area contributed by atoms with E-state index in [0.29, 0.717) is 0 Å². The van der Waals surface area contributed by atoms with E-state index in [1.54, 1.807) is 13.8 Å². The van der Waals surface area contributed by atoms with Gasteiger partial charge in [0.25, 0.3) is 0 Å². The highest BCUT2D eigenvalue weighted by Gasteiger charge is 2.10. The Labute approximate surface area is 92.2 Å². The number of benzene rings is 1. The quantitative estimate of drug-likeness (QED) is 0.847. The zero-order valence-corrected chi connectivity index (χ0v) is 9.14. The molecular weight excluding hydrogens is 221 g/mol. The van der Waals surface area contributed by atoms with E-state index in [1.807, 2.05) is 0 Å². The number of amides is 1. The first-order valence-electron chi connectivity index (χ1n) is 4.42. The Kier molecular flexibility index (Phi) is 3.91. The van der Waals surface area contributed by atoms with Crippen LogP contribution >= 0.6 is 11.6 Å². The van der Waals surface area contributed by atoms with Crippen LogP contribution in [0.4, 0.5) is 14.9 Å². The smallest absolute Gasteiger partial charge is 0.411 e. The largest absolute Gasteiger partial charge is 0.447 e. The third kappa shape index (κ3) is 3.40. The minimum absolute atomic E-state index is 0.00755. The van der Waals surface area contributed by atoms with Crippen LogP contribution in [0.15, 0.2) is 18.2 Å². The number of halogens is 2. The fourth-order valence-corrected chi connectivity index (χ4v) is 1.13. The van der Waals surface area contributed by atoms with Gasteiger partial charge in [-0.25, -0.2) is 9.18 Å². The molecule has 0 aromatic heterocycles. The Morgan fingerprint density at radius 3 is 2.80 bits per heavy atom. The van der Waals surface area contributed by atoms with Gasteiger partial charge in [-0.2, -0.15) is 0 Å². The maximum absolute atomic E-state index is 13.3. The molecule has 0 unspecified atom stereocenters. The number of rotatable bonds is 2.